The summed E-state index contributed by atoms with van der Waals surface area (Å²) in [5.41, 5.74) is 5.84. The summed E-state index contributed by atoms with van der Waals surface area (Å²) in [7, 11) is 0. The fourth-order valence-electron chi connectivity index (χ4n) is 3.10. The van der Waals surface area contributed by atoms with Crippen LogP contribution < -0.4 is 11.1 Å². The van der Waals surface area contributed by atoms with Crippen LogP contribution in [0, 0.1) is 5.41 Å². The SMILES string of the molecule is CCOC1CC(N)(C(=O)Nc2ccc(CCC(F)(F)F)cc2)C1(C)C.Cl. The van der Waals surface area contributed by atoms with E-state index in [0.29, 0.717) is 24.3 Å². The Balaban J connectivity index is 0.00000338. The fourth-order valence-corrected chi connectivity index (χ4v) is 3.10. The van der Waals surface area contributed by atoms with Gasteiger partial charge in [0.15, 0.2) is 0 Å². The molecular weight excluding hydrogens is 369 g/mol. The van der Waals surface area contributed by atoms with Crippen LogP contribution in [-0.4, -0.2) is 30.3 Å². The lowest BCUT2D eigenvalue weighted by molar-refractivity contribution is -0.166. The number of aryl methyl sites for hydroxylation is 1. The van der Waals surface area contributed by atoms with Crippen molar-refractivity contribution in [1.82, 2.24) is 0 Å². The molecule has 0 heterocycles. The smallest absolute Gasteiger partial charge is 0.378 e. The molecule has 0 aliphatic heterocycles. The first kappa shape index (κ1) is 22.7. The van der Waals surface area contributed by atoms with Gasteiger partial charge in [0.1, 0.15) is 5.54 Å². The quantitative estimate of drug-likeness (QED) is 0.764. The number of benzene rings is 1. The molecule has 4 nitrogen and oxygen atoms in total. The van der Waals surface area contributed by atoms with Crippen molar-refractivity contribution in [1.29, 1.82) is 0 Å². The van der Waals surface area contributed by atoms with Crippen LogP contribution in [0.5, 0.6) is 0 Å². The van der Waals surface area contributed by atoms with Crippen LogP contribution in [0.3, 0.4) is 0 Å². The number of rotatable bonds is 6. The molecule has 0 spiro atoms. The summed E-state index contributed by atoms with van der Waals surface area (Å²) in [5.74, 6) is -0.309. The van der Waals surface area contributed by atoms with Gasteiger partial charge in [-0.2, -0.15) is 13.2 Å². The second-order valence-corrected chi connectivity index (χ2v) is 7.11. The molecule has 148 valence electrons. The summed E-state index contributed by atoms with van der Waals surface area (Å²) in [6, 6.07) is 6.36. The lowest BCUT2D eigenvalue weighted by Gasteiger charge is -2.57. The molecule has 26 heavy (non-hydrogen) atoms. The number of alkyl halides is 3. The number of hydrogen-bond acceptors (Lipinski definition) is 3. The second kappa shape index (κ2) is 8.15. The van der Waals surface area contributed by atoms with Gasteiger partial charge in [-0.25, -0.2) is 0 Å². The molecule has 1 fully saturated rings. The zero-order chi connectivity index (χ0) is 18.9. The average molecular weight is 395 g/mol. The summed E-state index contributed by atoms with van der Waals surface area (Å²) in [6.07, 6.45) is -4.76. The number of amides is 1. The molecule has 0 radical (unpaired) electrons. The lowest BCUT2D eigenvalue weighted by Crippen LogP contribution is -2.74. The number of ether oxygens (including phenoxy) is 1. The number of halogens is 4. The van der Waals surface area contributed by atoms with E-state index >= 15 is 0 Å². The third kappa shape index (κ3) is 4.69. The van der Waals surface area contributed by atoms with Crippen LogP contribution in [0.4, 0.5) is 18.9 Å². The predicted octanol–water partition coefficient (Wildman–Crippen LogP) is 4.07. The summed E-state index contributed by atoms with van der Waals surface area (Å²) < 4.78 is 42.3. The van der Waals surface area contributed by atoms with Crippen molar-refractivity contribution in [2.75, 3.05) is 11.9 Å². The maximum atomic E-state index is 12.6. The van der Waals surface area contributed by atoms with Crippen LogP contribution in [0.2, 0.25) is 0 Å². The molecule has 0 bridgehead atoms. The fraction of sp³-hybridized carbons (Fsp3) is 0.611. The van der Waals surface area contributed by atoms with Crippen molar-refractivity contribution in [2.24, 2.45) is 11.1 Å². The summed E-state index contributed by atoms with van der Waals surface area (Å²) in [5, 5.41) is 2.76. The van der Waals surface area contributed by atoms with E-state index < -0.39 is 23.6 Å². The third-order valence-corrected chi connectivity index (χ3v) is 5.14. The van der Waals surface area contributed by atoms with E-state index in [4.69, 9.17) is 10.5 Å². The van der Waals surface area contributed by atoms with Crippen LogP contribution in [-0.2, 0) is 16.0 Å². The minimum atomic E-state index is -4.17. The van der Waals surface area contributed by atoms with E-state index in [9.17, 15) is 18.0 Å². The number of nitrogens with two attached hydrogens (primary N) is 1. The molecule has 1 amide bonds. The Morgan fingerprint density at radius 2 is 1.88 bits per heavy atom. The van der Waals surface area contributed by atoms with Crippen molar-refractivity contribution in [3.8, 4) is 0 Å². The third-order valence-electron chi connectivity index (χ3n) is 5.14. The molecule has 1 saturated carbocycles. The molecule has 2 rings (SSSR count). The Bertz CT molecular complexity index is 620. The minimum Gasteiger partial charge on any atom is -0.378 e. The molecule has 1 aromatic rings. The van der Waals surface area contributed by atoms with E-state index in [1.54, 1.807) is 24.3 Å². The van der Waals surface area contributed by atoms with E-state index in [2.05, 4.69) is 5.32 Å². The number of anilines is 1. The normalized spacial score (nSPS) is 24.3. The first-order valence-electron chi connectivity index (χ1n) is 8.37. The maximum Gasteiger partial charge on any atom is 0.389 e. The molecule has 1 aromatic carbocycles. The van der Waals surface area contributed by atoms with Gasteiger partial charge in [-0.3, -0.25) is 4.79 Å². The highest BCUT2D eigenvalue weighted by atomic mass is 35.5. The van der Waals surface area contributed by atoms with Gasteiger partial charge in [0, 0.05) is 30.6 Å². The Hall–Kier alpha value is -1.31. The Kier molecular flexibility index (Phi) is 7.12. The highest BCUT2D eigenvalue weighted by molar-refractivity contribution is 5.99. The van der Waals surface area contributed by atoms with Crippen molar-refractivity contribution in [3.05, 3.63) is 29.8 Å². The monoisotopic (exact) mass is 394 g/mol. The van der Waals surface area contributed by atoms with Gasteiger partial charge in [-0.1, -0.05) is 26.0 Å². The molecular formula is C18H26ClF3N2O2. The zero-order valence-electron chi connectivity index (χ0n) is 15.2. The van der Waals surface area contributed by atoms with Crippen LogP contribution in [0.15, 0.2) is 24.3 Å². The zero-order valence-corrected chi connectivity index (χ0v) is 16.0. The first-order valence-corrected chi connectivity index (χ1v) is 8.37. The van der Waals surface area contributed by atoms with Crippen LogP contribution >= 0.6 is 12.4 Å². The maximum absolute atomic E-state index is 12.6. The molecule has 2 unspecified atom stereocenters. The van der Waals surface area contributed by atoms with Crippen molar-refractivity contribution < 1.29 is 22.7 Å². The van der Waals surface area contributed by atoms with Gasteiger partial charge < -0.3 is 15.8 Å². The molecule has 0 aromatic heterocycles. The topological polar surface area (TPSA) is 64.3 Å². The van der Waals surface area contributed by atoms with Gasteiger partial charge in [-0.05, 0) is 31.0 Å². The molecule has 1 aliphatic carbocycles. The van der Waals surface area contributed by atoms with Crippen LogP contribution in [0.1, 0.15) is 39.2 Å². The number of carbonyl (C=O) groups excluding carboxylic acids is 1. The van der Waals surface area contributed by atoms with Gasteiger partial charge in [0.2, 0.25) is 5.91 Å². The van der Waals surface area contributed by atoms with E-state index in [1.165, 1.54) is 0 Å². The van der Waals surface area contributed by atoms with Crippen molar-refractivity contribution in [3.63, 3.8) is 0 Å². The highest BCUT2D eigenvalue weighted by Gasteiger charge is 2.62. The Morgan fingerprint density at radius 1 is 1.31 bits per heavy atom. The highest BCUT2D eigenvalue weighted by Crippen LogP contribution is 2.50. The minimum absolute atomic E-state index is 0. The molecule has 8 heteroatoms. The predicted molar refractivity (Wildman–Crippen MR) is 97.4 cm³/mol. The number of carbonyl (C=O) groups is 1. The lowest BCUT2D eigenvalue weighted by atomic mass is 9.54. The summed E-state index contributed by atoms with van der Waals surface area (Å²) in [4.78, 5) is 12.6. The molecule has 2 atom stereocenters. The van der Waals surface area contributed by atoms with Crippen LogP contribution in [0.25, 0.3) is 0 Å². The van der Waals surface area contributed by atoms with Gasteiger partial charge >= 0.3 is 6.18 Å². The van der Waals surface area contributed by atoms with E-state index in [1.807, 2.05) is 20.8 Å². The summed E-state index contributed by atoms with van der Waals surface area (Å²) in [6.45, 7) is 6.26. The van der Waals surface area contributed by atoms with Crippen molar-refractivity contribution in [2.45, 2.75) is 57.9 Å². The van der Waals surface area contributed by atoms with Gasteiger partial charge in [-0.15, -0.1) is 12.4 Å². The van der Waals surface area contributed by atoms with Crippen molar-refractivity contribution >= 4 is 24.0 Å². The summed E-state index contributed by atoms with van der Waals surface area (Å²) >= 11 is 0. The average Bonchev–Trinajstić information content (AvgIpc) is 2.53. The Labute approximate surface area is 158 Å². The first-order chi connectivity index (χ1) is 11.5. The molecule has 3 N–H and O–H groups in total. The Morgan fingerprint density at radius 3 is 2.35 bits per heavy atom. The molecule has 1 aliphatic rings. The van der Waals surface area contributed by atoms with Gasteiger partial charge in [0.25, 0.3) is 0 Å². The largest absolute Gasteiger partial charge is 0.389 e. The number of nitrogens with one attached hydrogen (secondary N) is 1. The second-order valence-electron chi connectivity index (χ2n) is 7.11. The van der Waals surface area contributed by atoms with Gasteiger partial charge in [0.05, 0.1) is 6.10 Å². The van der Waals surface area contributed by atoms with E-state index in [0.717, 1.165) is 0 Å². The standard InChI is InChI=1S/C18H25F3N2O2.ClH/c1-4-25-14-11-17(22,16(14,2)3)15(24)23-13-7-5-12(6-8-13)9-10-18(19,20)21;/h5-8,14H,4,9-11,22H2,1-3H3,(H,23,24);1H. The van der Waals surface area contributed by atoms with E-state index in [-0.39, 0.29) is 30.8 Å². The molecule has 0 saturated heterocycles. The number of hydrogen-bond donors (Lipinski definition) is 2.